The Hall–Kier alpha value is -1.46. The van der Waals surface area contributed by atoms with E-state index in [-0.39, 0.29) is 42.1 Å². The molecule has 0 aromatic carbocycles. The highest BCUT2D eigenvalue weighted by atomic mass is 33.1. The lowest BCUT2D eigenvalue weighted by Gasteiger charge is -2.16. The van der Waals surface area contributed by atoms with Crippen molar-refractivity contribution in [2.24, 2.45) is 11.8 Å². The van der Waals surface area contributed by atoms with Gasteiger partial charge in [-0.05, 0) is 104 Å². The molecule has 0 radical (unpaired) electrons. The number of carbonyl (C=O) groups excluding carboxylic acids is 4. The smallest absolute Gasteiger partial charge is 0.319 e. The third-order valence-corrected chi connectivity index (χ3v) is 14.9. The number of nitrogens with zero attached hydrogens (tertiary/aromatic N) is 1. The molecule has 0 aromatic rings. The van der Waals surface area contributed by atoms with Gasteiger partial charge in [-0.15, -0.1) is 0 Å². The first-order chi connectivity index (χ1) is 31.2. The molecule has 0 fully saturated rings. The molecule has 0 amide bonds. The van der Waals surface area contributed by atoms with Crippen molar-refractivity contribution < 1.29 is 38.1 Å². The maximum Gasteiger partial charge on any atom is 0.319 e. The molecular formula is C53H101NO8S2. The largest absolute Gasteiger partial charge is 0.466 e. The van der Waals surface area contributed by atoms with E-state index in [0.29, 0.717) is 45.7 Å². The summed E-state index contributed by atoms with van der Waals surface area (Å²) in [6.07, 6.45) is 35.0. The Morgan fingerprint density at radius 1 is 0.406 bits per heavy atom. The van der Waals surface area contributed by atoms with Crippen molar-refractivity contribution in [3.8, 4) is 0 Å². The van der Waals surface area contributed by atoms with E-state index in [1.807, 2.05) is 0 Å². The number of rotatable bonds is 49. The zero-order valence-electron chi connectivity index (χ0n) is 42.5. The van der Waals surface area contributed by atoms with E-state index >= 15 is 0 Å². The van der Waals surface area contributed by atoms with Crippen LogP contribution >= 0.6 is 21.6 Å². The van der Waals surface area contributed by atoms with Crippen LogP contribution < -0.4 is 0 Å². The van der Waals surface area contributed by atoms with Crippen molar-refractivity contribution in [3.05, 3.63) is 0 Å². The molecule has 0 spiro atoms. The molecule has 3 atom stereocenters. The van der Waals surface area contributed by atoms with Crippen LogP contribution in [-0.2, 0) is 38.1 Å². The predicted molar refractivity (Wildman–Crippen MR) is 273 cm³/mol. The standard InChI is InChI=1S/C53H101NO8S2/c1-7-11-15-19-21-27-37-47(35-25-17-13-9-3)51(56)60-43-31-23-30-42-59-50(55)40-39-49(64-63-46-34-29-41-54(5)6)53(58)62-45-33-24-32-44-61-52(57)48(36-26-18-14-10-4)38-28-22-20-16-12-8-2/h47-49H,7-46H2,1-6H3. The van der Waals surface area contributed by atoms with Crippen LogP contribution in [0.15, 0.2) is 0 Å². The zero-order valence-corrected chi connectivity index (χ0v) is 44.2. The maximum atomic E-state index is 13.2. The molecule has 378 valence electrons. The van der Waals surface area contributed by atoms with Gasteiger partial charge >= 0.3 is 23.9 Å². The SMILES string of the molecule is CCCCCCCCC(CCCCCC)C(=O)OCCCCCOC(=O)CCC(SSCCCCN(C)C)C(=O)OCCCCCOC(=O)C(CCCCCC)CCCCCCCC. The highest BCUT2D eigenvalue weighted by Gasteiger charge is 2.24. The molecule has 11 heteroatoms. The lowest BCUT2D eigenvalue weighted by molar-refractivity contribution is -0.150. The van der Waals surface area contributed by atoms with E-state index in [0.717, 1.165) is 102 Å². The van der Waals surface area contributed by atoms with Crippen molar-refractivity contribution >= 4 is 45.5 Å². The highest BCUT2D eigenvalue weighted by Crippen LogP contribution is 2.32. The van der Waals surface area contributed by atoms with Gasteiger partial charge in [-0.2, -0.15) is 0 Å². The van der Waals surface area contributed by atoms with Gasteiger partial charge in [0, 0.05) is 12.2 Å². The van der Waals surface area contributed by atoms with Crippen LogP contribution in [0.1, 0.15) is 246 Å². The van der Waals surface area contributed by atoms with Gasteiger partial charge in [-0.3, -0.25) is 19.2 Å². The minimum Gasteiger partial charge on any atom is -0.466 e. The van der Waals surface area contributed by atoms with Crippen LogP contribution in [0.2, 0.25) is 0 Å². The number of ether oxygens (including phenoxy) is 4. The molecule has 0 saturated carbocycles. The van der Waals surface area contributed by atoms with Gasteiger partial charge in [0.15, 0.2) is 0 Å². The average molecular weight is 945 g/mol. The Kier molecular flexibility index (Phi) is 46.9. The molecule has 0 saturated heterocycles. The number of unbranched alkanes of at least 4 members (excludes halogenated alkanes) is 21. The summed E-state index contributed by atoms with van der Waals surface area (Å²) < 4.78 is 22.7. The Morgan fingerprint density at radius 3 is 1.19 bits per heavy atom. The quantitative estimate of drug-likeness (QED) is 0.0252. The van der Waals surface area contributed by atoms with E-state index in [1.54, 1.807) is 10.8 Å². The summed E-state index contributed by atoms with van der Waals surface area (Å²) in [5.41, 5.74) is 0. The first kappa shape index (κ1) is 62.5. The molecule has 0 aliphatic carbocycles. The maximum absolute atomic E-state index is 13.2. The second-order valence-corrected chi connectivity index (χ2v) is 21.2. The van der Waals surface area contributed by atoms with Crippen LogP contribution in [-0.4, -0.2) is 86.8 Å². The monoisotopic (exact) mass is 944 g/mol. The Bertz CT molecular complexity index is 1080. The molecule has 0 rings (SSSR count). The fourth-order valence-electron chi connectivity index (χ4n) is 7.78. The van der Waals surface area contributed by atoms with E-state index < -0.39 is 5.25 Å². The minimum absolute atomic E-state index is 0.00641. The van der Waals surface area contributed by atoms with Gasteiger partial charge in [0.25, 0.3) is 0 Å². The molecule has 3 unspecified atom stereocenters. The van der Waals surface area contributed by atoms with Gasteiger partial charge in [0.05, 0.1) is 38.3 Å². The molecule has 0 aliphatic heterocycles. The zero-order chi connectivity index (χ0) is 47.1. The van der Waals surface area contributed by atoms with Crippen molar-refractivity contribution in [2.75, 3.05) is 52.8 Å². The first-order valence-corrected chi connectivity index (χ1v) is 29.2. The van der Waals surface area contributed by atoms with Crippen molar-refractivity contribution in [2.45, 2.75) is 251 Å². The third-order valence-electron chi connectivity index (χ3n) is 12.0. The van der Waals surface area contributed by atoms with Crippen LogP contribution in [0.5, 0.6) is 0 Å². The predicted octanol–water partition coefficient (Wildman–Crippen LogP) is 15.0. The molecule has 9 nitrogen and oxygen atoms in total. The van der Waals surface area contributed by atoms with Gasteiger partial charge in [0.1, 0.15) is 5.25 Å². The summed E-state index contributed by atoms with van der Waals surface area (Å²) in [5.74, 6) is 0.283. The molecule has 0 aromatic heterocycles. The van der Waals surface area contributed by atoms with Crippen molar-refractivity contribution in [1.82, 2.24) is 4.90 Å². The summed E-state index contributed by atoms with van der Waals surface area (Å²) in [6.45, 7) is 11.4. The average Bonchev–Trinajstić information content (AvgIpc) is 3.28. The first-order valence-electron chi connectivity index (χ1n) is 26.8. The molecule has 0 bridgehead atoms. The van der Waals surface area contributed by atoms with E-state index in [4.69, 9.17) is 18.9 Å². The highest BCUT2D eigenvalue weighted by molar-refractivity contribution is 8.77. The third kappa shape index (κ3) is 40.8. The van der Waals surface area contributed by atoms with E-state index in [9.17, 15) is 19.2 Å². The minimum atomic E-state index is -0.445. The fourth-order valence-corrected chi connectivity index (χ4v) is 10.4. The second kappa shape index (κ2) is 48.0. The van der Waals surface area contributed by atoms with Crippen LogP contribution in [0, 0.1) is 11.8 Å². The van der Waals surface area contributed by atoms with Gasteiger partial charge < -0.3 is 23.8 Å². The fraction of sp³-hybridized carbons (Fsp3) is 0.925. The van der Waals surface area contributed by atoms with E-state index in [1.165, 1.54) is 114 Å². The van der Waals surface area contributed by atoms with Crippen LogP contribution in [0.25, 0.3) is 0 Å². The lowest BCUT2D eigenvalue weighted by Crippen LogP contribution is -2.22. The molecule has 0 N–H and O–H groups in total. The van der Waals surface area contributed by atoms with Crippen molar-refractivity contribution in [3.63, 3.8) is 0 Å². The topological polar surface area (TPSA) is 108 Å². The number of hydrogen-bond donors (Lipinski definition) is 0. The number of carbonyl (C=O) groups is 4. The number of esters is 4. The van der Waals surface area contributed by atoms with Crippen LogP contribution in [0.3, 0.4) is 0 Å². The lowest BCUT2D eigenvalue weighted by atomic mass is 9.94. The summed E-state index contributed by atoms with van der Waals surface area (Å²) in [5, 5.41) is -0.445. The summed E-state index contributed by atoms with van der Waals surface area (Å²) in [4.78, 5) is 54.1. The van der Waals surface area contributed by atoms with Gasteiger partial charge in [0.2, 0.25) is 0 Å². The van der Waals surface area contributed by atoms with Crippen LogP contribution in [0.4, 0.5) is 0 Å². The number of hydrogen-bond acceptors (Lipinski definition) is 11. The second-order valence-electron chi connectivity index (χ2n) is 18.5. The molecule has 0 heterocycles. The molecule has 64 heavy (non-hydrogen) atoms. The Balaban J connectivity index is 4.66. The van der Waals surface area contributed by atoms with E-state index in [2.05, 4.69) is 46.7 Å². The molecule has 0 aliphatic rings. The normalized spacial score (nSPS) is 12.9. The van der Waals surface area contributed by atoms with Gasteiger partial charge in [-0.25, -0.2) is 0 Å². The summed E-state index contributed by atoms with van der Waals surface area (Å²) >= 11 is 0. The van der Waals surface area contributed by atoms with Crippen molar-refractivity contribution in [1.29, 1.82) is 0 Å². The summed E-state index contributed by atoms with van der Waals surface area (Å²) in [6, 6.07) is 0. The summed E-state index contributed by atoms with van der Waals surface area (Å²) in [7, 11) is 7.32. The Morgan fingerprint density at radius 2 is 0.766 bits per heavy atom. The van der Waals surface area contributed by atoms with Gasteiger partial charge in [-0.1, -0.05) is 178 Å². The molecular weight excluding hydrogens is 843 g/mol. The Labute approximate surface area is 402 Å².